The van der Waals surface area contributed by atoms with Gasteiger partial charge in [-0.15, -0.1) is 0 Å². The standard InChI is InChI=1S/C12H16O4/c1-4-5-8-6-9(15-2)11(12(13)14)10(7-8)16-3/h6-7H,4-5H2,1-3H3,(H,13,14). The Labute approximate surface area is 94.8 Å². The number of carboxylic acids is 1. The van der Waals surface area contributed by atoms with Gasteiger partial charge in [0.15, 0.2) is 0 Å². The van der Waals surface area contributed by atoms with Crippen LogP contribution in [0.2, 0.25) is 0 Å². The van der Waals surface area contributed by atoms with E-state index in [4.69, 9.17) is 14.6 Å². The summed E-state index contributed by atoms with van der Waals surface area (Å²) in [5.41, 5.74) is 1.09. The molecule has 0 aliphatic rings. The molecule has 1 rings (SSSR count). The highest BCUT2D eigenvalue weighted by atomic mass is 16.5. The largest absolute Gasteiger partial charge is 0.496 e. The van der Waals surface area contributed by atoms with Gasteiger partial charge in [-0.1, -0.05) is 13.3 Å². The molecule has 16 heavy (non-hydrogen) atoms. The van der Waals surface area contributed by atoms with Crippen LogP contribution >= 0.6 is 0 Å². The molecule has 0 atom stereocenters. The van der Waals surface area contributed by atoms with Crippen molar-refractivity contribution in [2.75, 3.05) is 14.2 Å². The van der Waals surface area contributed by atoms with Crippen molar-refractivity contribution in [2.24, 2.45) is 0 Å². The minimum atomic E-state index is -1.04. The second-order valence-corrected chi connectivity index (χ2v) is 3.43. The Morgan fingerprint density at radius 2 is 1.75 bits per heavy atom. The van der Waals surface area contributed by atoms with E-state index in [9.17, 15) is 4.79 Å². The third kappa shape index (κ3) is 2.45. The summed E-state index contributed by atoms with van der Waals surface area (Å²) < 4.78 is 10.2. The Morgan fingerprint density at radius 3 is 2.06 bits per heavy atom. The summed E-state index contributed by atoms with van der Waals surface area (Å²) in [5.74, 6) is -0.359. The van der Waals surface area contributed by atoms with E-state index in [1.807, 2.05) is 0 Å². The Kier molecular flexibility index (Phi) is 4.17. The van der Waals surface area contributed by atoms with Crippen LogP contribution in [0.1, 0.15) is 29.3 Å². The SMILES string of the molecule is CCCc1cc(OC)c(C(=O)O)c(OC)c1. The Morgan fingerprint density at radius 1 is 1.25 bits per heavy atom. The van der Waals surface area contributed by atoms with Gasteiger partial charge in [-0.05, 0) is 24.1 Å². The lowest BCUT2D eigenvalue weighted by molar-refractivity contribution is 0.0689. The van der Waals surface area contributed by atoms with Crippen molar-refractivity contribution in [1.29, 1.82) is 0 Å². The summed E-state index contributed by atoms with van der Waals surface area (Å²) in [5, 5.41) is 9.07. The van der Waals surface area contributed by atoms with Crippen molar-refractivity contribution in [3.05, 3.63) is 23.3 Å². The highest BCUT2D eigenvalue weighted by molar-refractivity contribution is 5.94. The van der Waals surface area contributed by atoms with Gasteiger partial charge >= 0.3 is 5.97 Å². The molecule has 0 radical (unpaired) electrons. The molecule has 88 valence electrons. The monoisotopic (exact) mass is 224 g/mol. The lowest BCUT2D eigenvalue weighted by Gasteiger charge is -2.12. The van der Waals surface area contributed by atoms with Crippen LogP contribution in [0.25, 0.3) is 0 Å². The molecule has 4 nitrogen and oxygen atoms in total. The number of hydrogen-bond acceptors (Lipinski definition) is 3. The topological polar surface area (TPSA) is 55.8 Å². The maximum Gasteiger partial charge on any atom is 0.343 e. The molecule has 0 bridgehead atoms. The van der Waals surface area contributed by atoms with Crippen LogP contribution in [0.5, 0.6) is 11.5 Å². The van der Waals surface area contributed by atoms with Crippen molar-refractivity contribution < 1.29 is 19.4 Å². The quantitative estimate of drug-likeness (QED) is 0.834. The number of rotatable bonds is 5. The zero-order chi connectivity index (χ0) is 12.1. The van der Waals surface area contributed by atoms with Gasteiger partial charge in [0, 0.05) is 0 Å². The van der Waals surface area contributed by atoms with Crippen LogP contribution in [-0.4, -0.2) is 25.3 Å². The predicted octanol–water partition coefficient (Wildman–Crippen LogP) is 2.35. The minimum absolute atomic E-state index is 0.0739. The lowest BCUT2D eigenvalue weighted by atomic mass is 10.1. The van der Waals surface area contributed by atoms with Crippen molar-refractivity contribution in [2.45, 2.75) is 19.8 Å². The predicted molar refractivity (Wildman–Crippen MR) is 60.5 cm³/mol. The van der Waals surface area contributed by atoms with Crippen molar-refractivity contribution in [3.8, 4) is 11.5 Å². The maximum atomic E-state index is 11.1. The molecule has 0 aliphatic carbocycles. The number of carboxylic acid groups (broad SMARTS) is 1. The third-order valence-electron chi connectivity index (χ3n) is 2.32. The second-order valence-electron chi connectivity index (χ2n) is 3.43. The van der Waals surface area contributed by atoms with Gasteiger partial charge in [0.2, 0.25) is 0 Å². The molecule has 0 heterocycles. The fraction of sp³-hybridized carbons (Fsp3) is 0.417. The molecule has 1 N–H and O–H groups in total. The summed E-state index contributed by atoms with van der Waals surface area (Å²) in [6.45, 7) is 2.06. The third-order valence-corrected chi connectivity index (χ3v) is 2.32. The number of methoxy groups -OCH3 is 2. The molecule has 0 spiro atoms. The number of carbonyl (C=O) groups is 1. The van der Waals surface area contributed by atoms with E-state index in [1.54, 1.807) is 12.1 Å². The van der Waals surface area contributed by atoms with Gasteiger partial charge in [-0.3, -0.25) is 0 Å². The number of benzene rings is 1. The Bertz CT molecular complexity index is 360. The van der Waals surface area contributed by atoms with Crippen molar-refractivity contribution in [1.82, 2.24) is 0 Å². The van der Waals surface area contributed by atoms with Crippen LogP contribution in [0.4, 0.5) is 0 Å². The summed E-state index contributed by atoms with van der Waals surface area (Å²) in [6, 6.07) is 3.49. The molecule has 0 amide bonds. The van der Waals surface area contributed by atoms with Crippen LogP contribution < -0.4 is 9.47 Å². The first-order valence-corrected chi connectivity index (χ1v) is 5.12. The van der Waals surface area contributed by atoms with Gasteiger partial charge in [0.1, 0.15) is 17.1 Å². The van der Waals surface area contributed by atoms with E-state index in [0.717, 1.165) is 18.4 Å². The first-order chi connectivity index (χ1) is 7.63. The van der Waals surface area contributed by atoms with Gasteiger partial charge < -0.3 is 14.6 Å². The number of aromatic carboxylic acids is 1. The minimum Gasteiger partial charge on any atom is -0.496 e. The molecule has 0 saturated carbocycles. The summed E-state index contributed by atoms with van der Waals surface area (Å²) in [7, 11) is 2.91. The van der Waals surface area contributed by atoms with Crippen molar-refractivity contribution in [3.63, 3.8) is 0 Å². The Balaban J connectivity index is 3.31. The zero-order valence-electron chi connectivity index (χ0n) is 9.74. The van der Waals surface area contributed by atoms with Crippen LogP contribution in [-0.2, 0) is 6.42 Å². The molecule has 0 fully saturated rings. The van der Waals surface area contributed by atoms with E-state index in [-0.39, 0.29) is 5.56 Å². The zero-order valence-corrected chi connectivity index (χ0v) is 9.74. The first kappa shape index (κ1) is 12.4. The molecule has 0 saturated heterocycles. The van der Waals surface area contributed by atoms with Crippen molar-refractivity contribution >= 4 is 5.97 Å². The molecule has 1 aromatic carbocycles. The lowest BCUT2D eigenvalue weighted by Crippen LogP contribution is -2.05. The van der Waals surface area contributed by atoms with Crippen LogP contribution in [0, 0.1) is 0 Å². The van der Waals surface area contributed by atoms with E-state index in [0.29, 0.717) is 11.5 Å². The number of hydrogen-bond donors (Lipinski definition) is 1. The smallest absolute Gasteiger partial charge is 0.343 e. The number of ether oxygens (including phenoxy) is 2. The molecular weight excluding hydrogens is 208 g/mol. The maximum absolute atomic E-state index is 11.1. The van der Waals surface area contributed by atoms with E-state index in [1.165, 1.54) is 14.2 Å². The summed E-state index contributed by atoms with van der Waals surface area (Å²) in [4.78, 5) is 11.1. The normalized spacial score (nSPS) is 9.94. The molecule has 4 heteroatoms. The Hall–Kier alpha value is -1.71. The van der Waals surface area contributed by atoms with E-state index in [2.05, 4.69) is 6.92 Å². The average molecular weight is 224 g/mol. The fourth-order valence-corrected chi connectivity index (χ4v) is 1.61. The molecule has 0 aliphatic heterocycles. The second kappa shape index (κ2) is 5.39. The summed E-state index contributed by atoms with van der Waals surface area (Å²) in [6.07, 6.45) is 1.85. The molecule has 0 unspecified atom stereocenters. The highest BCUT2D eigenvalue weighted by Crippen LogP contribution is 2.30. The summed E-state index contributed by atoms with van der Waals surface area (Å²) >= 11 is 0. The highest BCUT2D eigenvalue weighted by Gasteiger charge is 2.18. The van der Waals surface area contributed by atoms with E-state index < -0.39 is 5.97 Å². The van der Waals surface area contributed by atoms with Gasteiger partial charge in [-0.25, -0.2) is 4.79 Å². The average Bonchev–Trinajstić information content (AvgIpc) is 2.27. The molecule has 0 aromatic heterocycles. The van der Waals surface area contributed by atoms with Crippen LogP contribution in [0.3, 0.4) is 0 Å². The molecule has 1 aromatic rings. The van der Waals surface area contributed by atoms with Crippen LogP contribution in [0.15, 0.2) is 12.1 Å². The number of aryl methyl sites for hydroxylation is 1. The fourth-order valence-electron chi connectivity index (χ4n) is 1.61. The molecular formula is C12H16O4. The van der Waals surface area contributed by atoms with Gasteiger partial charge in [0.25, 0.3) is 0 Å². The van der Waals surface area contributed by atoms with Gasteiger partial charge in [-0.2, -0.15) is 0 Å². The van der Waals surface area contributed by atoms with Gasteiger partial charge in [0.05, 0.1) is 14.2 Å². The van der Waals surface area contributed by atoms with E-state index >= 15 is 0 Å². The first-order valence-electron chi connectivity index (χ1n) is 5.12.